The van der Waals surface area contributed by atoms with Gasteiger partial charge in [0.1, 0.15) is 23.3 Å². The van der Waals surface area contributed by atoms with Gasteiger partial charge >= 0.3 is 5.97 Å². The molecule has 2 heterocycles. The molecule has 0 fully saturated rings. The summed E-state index contributed by atoms with van der Waals surface area (Å²) in [4.78, 5) is 32.0. The highest BCUT2D eigenvalue weighted by Crippen LogP contribution is 2.37. The molecule has 8 nitrogen and oxygen atoms in total. The van der Waals surface area contributed by atoms with Crippen molar-refractivity contribution in [1.82, 2.24) is 4.57 Å². The SMILES string of the molecule is CCOC(=O)C1=C(C)N=c2s/c(=C/c3ccc(OC)c(Br)c3)c(=O)n2[C@@H]1c1cc(OC)ccc1OC. The third-order valence-corrected chi connectivity index (χ3v) is 7.32. The first-order valence-corrected chi connectivity index (χ1v) is 12.7. The molecule has 0 N–H and O–H groups in total. The molecule has 3 aromatic rings. The number of thiazole rings is 1. The van der Waals surface area contributed by atoms with E-state index in [1.165, 1.54) is 23.0 Å². The van der Waals surface area contributed by atoms with E-state index in [1.807, 2.05) is 18.2 Å². The van der Waals surface area contributed by atoms with Crippen LogP contribution in [0.4, 0.5) is 0 Å². The maximum atomic E-state index is 13.8. The van der Waals surface area contributed by atoms with E-state index in [0.29, 0.717) is 37.8 Å². The van der Waals surface area contributed by atoms with Gasteiger partial charge in [-0.3, -0.25) is 9.36 Å². The maximum absolute atomic E-state index is 13.8. The molecule has 0 spiro atoms. The van der Waals surface area contributed by atoms with Crippen LogP contribution in [-0.2, 0) is 9.53 Å². The largest absolute Gasteiger partial charge is 0.497 e. The molecule has 1 aliphatic rings. The van der Waals surface area contributed by atoms with Gasteiger partial charge in [-0.25, -0.2) is 9.79 Å². The first-order chi connectivity index (χ1) is 17.3. The molecule has 0 aliphatic carbocycles. The van der Waals surface area contributed by atoms with Crippen molar-refractivity contribution in [2.45, 2.75) is 19.9 Å². The molecule has 2 aromatic carbocycles. The zero-order valence-corrected chi connectivity index (χ0v) is 22.9. The van der Waals surface area contributed by atoms with Crippen molar-refractivity contribution in [2.24, 2.45) is 4.99 Å². The fourth-order valence-corrected chi connectivity index (χ4v) is 5.67. The van der Waals surface area contributed by atoms with Crippen LogP contribution >= 0.6 is 27.3 Å². The van der Waals surface area contributed by atoms with Crippen LogP contribution in [0.3, 0.4) is 0 Å². The Kier molecular flexibility index (Phi) is 7.65. The highest BCUT2D eigenvalue weighted by molar-refractivity contribution is 9.10. The number of rotatable bonds is 7. The number of carbonyl (C=O) groups excluding carboxylic acids is 1. The van der Waals surface area contributed by atoms with E-state index in [0.717, 1.165) is 10.0 Å². The first-order valence-electron chi connectivity index (χ1n) is 11.1. The first kappa shape index (κ1) is 25.7. The highest BCUT2D eigenvalue weighted by Gasteiger charge is 2.35. The quantitative estimate of drug-likeness (QED) is 0.402. The summed E-state index contributed by atoms with van der Waals surface area (Å²) in [7, 11) is 4.68. The van der Waals surface area contributed by atoms with E-state index in [2.05, 4.69) is 20.9 Å². The minimum Gasteiger partial charge on any atom is -0.497 e. The van der Waals surface area contributed by atoms with E-state index in [1.54, 1.807) is 52.3 Å². The summed E-state index contributed by atoms with van der Waals surface area (Å²) >= 11 is 4.73. The number of esters is 1. The molecule has 0 radical (unpaired) electrons. The number of benzene rings is 2. The molecule has 0 saturated heterocycles. The number of nitrogens with zero attached hydrogens (tertiary/aromatic N) is 2. The number of aromatic nitrogens is 1. The van der Waals surface area contributed by atoms with Gasteiger partial charge in [0.2, 0.25) is 0 Å². The van der Waals surface area contributed by atoms with Crippen molar-refractivity contribution in [3.8, 4) is 17.2 Å². The Balaban J connectivity index is 1.99. The predicted molar refractivity (Wildman–Crippen MR) is 141 cm³/mol. The molecule has 0 amide bonds. The number of hydrogen-bond acceptors (Lipinski definition) is 8. The number of halogens is 1. The van der Waals surface area contributed by atoms with Gasteiger partial charge in [-0.2, -0.15) is 0 Å². The third-order valence-electron chi connectivity index (χ3n) is 5.72. The fraction of sp³-hybridized carbons (Fsp3) is 0.269. The number of allylic oxidation sites excluding steroid dienone is 1. The minimum atomic E-state index is -0.810. The van der Waals surface area contributed by atoms with E-state index in [9.17, 15) is 9.59 Å². The molecule has 1 aliphatic heterocycles. The third kappa shape index (κ3) is 4.70. The highest BCUT2D eigenvalue weighted by atomic mass is 79.9. The lowest BCUT2D eigenvalue weighted by Crippen LogP contribution is -2.40. The average Bonchev–Trinajstić information content (AvgIpc) is 3.17. The van der Waals surface area contributed by atoms with E-state index in [-0.39, 0.29) is 17.7 Å². The molecule has 36 heavy (non-hydrogen) atoms. The Bertz CT molecular complexity index is 1540. The smallest absolute Gasteiger partial charge is 0.338 e. The second-order valence-corrected chi connectivity index (χ2v) is 9.67. The van der Waals surface area contributed by atoms with Crippen molar-refractivity contribution >= 4 is 39.3 Å². The van der Waals surface area contributed by atoms with Crippen LogP contribution in [0.5, 0.6) is 17.2 Å². The number of carbonyl (C=O) groups is 1. The van der Waals surface area contributed by atoms with Crippen LogP contribution in [0, 0.1) is 0 Å². The summed E-state index contributed by atoms with van der Waals surface area (Å²) in [6, 6.07) is 10.0. The monoisotopic (exact) mass is 572 g/mol. The van der Waals surface area contributed by atoms with Crippen molar-refractivity contribution in [1.29, 1.82) is 0 Å². The molecule has 10 heteroatoms. The molecule has 0 unspecified atom stereocenters. The average molecular weight is 573 g/mol. The summed E-state index contributed by atoms with van der Waals surface area (Å²) in [6.07, 6.45) is 1.79. The number of fused-ring (bicyclic) bond motifs is 1. The summed E-state index contributed by atoms with van der Waals surface area (Å²) in [6.45, 7) is 3.66. The van der Waals surface area contributed by atoms with Gasteiger partial charge in [0, 0.05) is 5.56 Å². The normalized spacial score (nSPS) is 15.3. The lowest BCUT2D eigenvalue weighted by Gasteiger charge is -2.26. The predicted octanol–water partition coefficient (Wildman–Crippen LogP) is 3.59. The van der Waals surface area contributed by atoms with Crippen LogP contribution in [0.1, 0.15) is 31.0 Å². The molecular formula is C26H25BrN2O6S. The summed E-state index contributed by atoms with van der Waals surface area (Å²) in [5.41, 5.74) is 1.87. The molecule has 188 valence electrons. The zero-order valence-electron chi connectivity index (χ0n) is 20.5. The van der Waals surface area contributed by atoms with Gasteiger partial charge in [-0.1, -0.05) is 17.4 Å². The lowest BCUT2D eigenvalue weighted by molar-refractivity contribution is -0.139. The van der Waals surface area contributed by atoms with Crippen molar-refractivity contribution in [3.05, 3.63) is 83.0 Å². The van der Waals surface area contributed by atoms with Crippen LogP contribution in [-0.4, -0.2) is 38.5 Å². The number of ether oxygens (including phenoxy) is 4. The van der Waals surface area contributed by atoms with Gasteiger partial charge in [-0.15, -0.1) is 0 Å². The van der Waals surface area contributed by atoms with Crippen molar-refractivity contribution in [2.75, 3.05) is 27.9 Å². The Labute approximate surface area is 220 Å². The maximum Gasteiger partial charge on any atom is 0.338 e. The Morgan fingerprint density at radius 2 is 1.83 bits per heavy atom. The lowest BCUT2D eigenvalue weighted by atomic mass is 9.94. The van der Waals surface area contributed by atoms with E-state index < -0.39 is 12.0 Å². The summed E-state index contributed by atoms with van der Waals surface area (Å²) in [5, 5.41) is 0. The Morgan fingerprint density at radius 1 is 1.11 bits per heavy atom. The van der Waals surface area contributed by atoms with Gasteiger partial charge in [0.15, 0.2) is 4.80 Å². The molecule has 1 aromatic heterocycles. The molecular weight excluding hydrogens is 548 g/mol. The Hall–Kier alpha value is -3.37. The molecule has 4 rings (SSSR count). The van der Waals surface area contributed by atoms with Crippen molar-refractivity contribution in [3.63, 3.8) is 0 Å². The van der Waals surface area contributed by atoms with Gasteiger partial charge in [-0.05, 0) is 71.7 Å². The molecule has 0 saturated carbocycles. The number of methoxy groups -OCH3 is 3. The molecule has 1 atom stereocenters. The standard InChI is InChI=1S/C26H25BrN2O6S/c1-6-35-25(31)22-14(2)28-26-29(23(22)17-13-16(32-3)8-10-19(17)33-4)24(30)21(36-26)12-15-7-9-20(34-5)18(27)11-15/h7-13,23H,6H2,1-5H3/b21-12+/t23-/m1/s1. The summed E-state index contributed by atoms with van der Waals surface area (Å²) < 4.78 is 24.5. The Morgan fingerprint density at radius 3 is 2.47 bits per heavy atom. The van der Waals surface area contributed by atoms with Crippen LogP contribution in [0.15, 0.2) is 61.9 Å². The van der Waals surface area contributed by atoms with Crippen LogP contribution < -0.4 is 29.1 Å². The minimum absolute atomic E-state index is 0.189. The second kappa shape index (κ2) is 10.7. The fourth-order valence-electron chi connectivity index (χ4n) is 4.06. The van der Waals surface area contributed by atoms with Crippen LogP contribution in [0.25, 0.3) is 6.08 Å². The van der Waals surface area contributed by atoms with Gasteiger partial charge in [0.05, 0.1) is 48.2 Å². The van der Waals surface area contributed by atoms with E-state index >= 15 is 0 Å². The van der Waals surface area contributed by atoms with Gasteiger partial charge in [0.25, 0.3) is 5.56 Å². The number of hydrogen-bond donors (Lipinski definition) is 0. The topological polar surface area (TPSA) is 88.4 Å². The summed E-state index contributed by atoms with van der Waals surface area (Å²) in [5.74, 6) is 1.22. The van der Waals surface area contributed by atoms with E-state index in [4.69, 9.17) is 18.9 Å². The zero-order chi connectivity index (χ0) is 26.0. The van der Waals surface area contributed by atoms with Gasteiger partial charge < -0.3 is 18.9 Å². The van der Waals surface area contributed by atoms with Crippen molar-refractivity contribution < 1.29 is 23.7 Å². The second-order valence-electron chi connectivity index (χ2n) is 7.80. The van der Waals surface area contributed by atoms with Crippen LogP contribution in [0.2, 0.25) is 0 Å². The molecule has 0 bridgehead atoms.